The van der Waals surface area contributed by atoms with E-state index in [4.69, 9.17) is 4.74 Å². The second-order valence-electron chi connectivity index (χ2n) is 9.37. The maximum absolute atomic E-state index is 13.5. The molecule has 1 saturated heterocycles. The van der Waals surface area contributed by atoms with Crippen LogP contribution in [0.2, 0.25) is 0 Å². The van der Waals surface area contributed by atoms with E-state index in [1.165, 1.54) is 0 Å². The molecule has 7 nitrogen and oxygen atoms in total. The number of Topliss-reactive ketones (excluding diaryl/α,β-unsaturated/α-hetero) is 1. The molecule has 2 fully saturated rings. The number of phenols is 1. The fraction of sp³-hybridized carbons (Fsp3) is 0.423. The van der Waals surface area contributed by atoms with Crippen molar-refractivity contribution in [3.05, 3.63) is 65.2 Å². The molecule has 3 unspecified atom stereocenters. The first-order valence-corrected chi connectivity index (χ1v) is 11.5. The minimum atomic E-state index is -0.961. The minimum absolute atomic E-state index is 0.0263. The molecule has 2 amide bonds. The van der Waals surface area contributed by atoms with Crippen LogP contribution < -0.4 is 5.32 Å². The first-order valence-electron chi connectivity index (χ1n) is 11.5. The van der Waals surface area contributed by atoms with E-state index in [-0.39, 0.29) is 42.5 Å². The number of benzene rings is 2. The Kier molecular flexibility index (Phi) is 5.66. The number of nitrogens with zero attached hydrogens (tertiary/aromatic N) is 1. The SMILES string of the molecule is O=C(NC12CCCC1OCC2=O)C(CC(=O)N1Cc2ccccc2C1)Cc1ccc(O)cc1. The molecule has 1 saturated carbocycles. The lowest BCUT2D eigenvalue weighted by Crippen LogP contribution is -2.57. The topological polar surface area (TPSA) is 95.9 Å². The molecule has 0 aromatic heterocycles. The van der Waals surface area contributed by atoms with Gasteiger partial charge in [-0.15, -0.1) is 0 Å². The van der Waals surface area contributed by atoms with E-state index in [0.29, 0.717) is 25.9 Å². The molecule has 2 aliphatic heterocycles. The molecule has 2 aromatic rings. The van der Waals surface area contributed by atoms with Gasteiger partial charge in [-0.3, -0.25) is 14.4 Å². The van der Waals surface area contributed by atoms with Gasteiger partial charge < -0.3 is 20.1 Å². The van der Waals surface area contributed by atoms with Crippen LogP contribution in [0.3, 0.4) is 0 Å². The number of carbonyl (C=O) groups is 3. The number of ether oxygens (including phenoxy) is 1. The van der Waals surface area contributed by atoms with E-state index >= 15 is 0 Å². The van der Waals surface area contributed by atoms with Gasteiger partial charge in [0.25, 0.3) is 0 Å². The van der Waals surface area contributed by atoms with E-state index in [0.717, 1.165) is 29.5 Å². The van der Waals surface area contributed by atoms with E-state index in [1.807, 2.05) is 24.3 Å². The van der Waals surface area contributed by atoms with Gasteiger partial charge in [0.15, 0.2) is 5.78 Å². The second kappa shape index (κ2) is 8.63. The highest BCUT2D eigenvalue weighted by Crippen LogP contribution is 2.38. The zero-order chi connectivity index (χ0) is 23.0. The standard InChI is InChI=1S/C26H28N2O5/c29-21-9-7-17(8-10-21)12-20(13-24(31)28-14-18-4-1-2-5-19(18)15-28)25(32)27-26-11-3-6-23(26)33-16-22(26)30/h1-2,4-5,7-10,20,23,29H,3,6,11-16H2,(H,27,32). The lowest BCUT2D eigenvalue weighted by molar-refractivity contribution is -0.138. The van der Waals surface area contributed by atoms with Gasteiger partial charge in [0.1, 0.15) is 17.9 Å². The molecule has 5 rings (SSSR count). The van der Waals surface area contributed by atoms with E-state index in [9.17, 15) is 19.5 Å². The highest BCUT2D eigenvalue weighted by atomic mass is 16.5. The van der Waals surface area contributed by atoms with Crippen molar-refractivity contribution in [3.8, 4) is 5.75 Å². The van der Waals surface area contributed by atoms with Gasteiger partial charge in [-0.25, -0.2) is 0 Å². The molecule has 172 valence electrons. The summed E-state index contributed by atoms with van der Waals surface area (Å²) < 4.78 is 5.64. The largest absolute Gasteiger partial charge is 0.508 e. The summed E-state index contributed by atoms with van der Waals surface area (Å²) in [5.41, 5.74) is 2.15. The van der Waals surface area contributed by atoms with Crippen molar-refractivity contribution in [2.45, 2.75) is 56.8 Å². The Morgan fingerprint density at radius 2 is 1.82 bits per heavy atom. The van der Waals surface area contributed by atoms with Crippen LogP contribution in [0.25, 0.3) is 0 Å². The van der Waals surface area contributed by atoms with Crippen LogP contribution in [0.4, 0.5) is 0 Å². The van der Waals surface area contributed by atoms with Crippen LogP contribution >= 0.6 is 0 Å². The van der Waals surface area contributed by atoms with Gasteiger partial charge in [-0.2, -0.15) is 0 Å². The van der Waals surface area contributed by atoms with Gasteiger partial charge >= 0.3 is 0 Å². The Labute approximate surface area is 192 Å². The number of aromatic hydroxyl groups is 1. The summed E-state index contributed by atoms with van der Waals surface area (Å²) in [5.74, 6) is -0.941. The Morgan fingerprint density at radius 1 is 1.12 bits per heavy atom. The highest BCUT2D eigenvalue weighted by molar-refractivity contribution is 5.97. The van der Waals surface area contributed by atoms with Crippen LogP contribution in [0.1, 0.15) is 42.4 Å². The van der Waals surface area contributed by atoms with Crippen LogP contribution in [0.5, 0.6) is 5.75 Å². The number of hydrogen-bond acceptors (Lipinski definition) is 5. The van der Waals surface area contributed by atoms with Gasteiger partial charge in [0, 0.05) is 19.5 Å². The molecular weight excluding hydrogens is 420 g/mol. The minimum Gasteiger partial charge on any atom is -0.508 e. The van der Waals surface area contributed by atoms with Crippen molar-refractivity contribution in [3.63, 3.8) is 0 Å². The molecule has 3 aliphatic rings. The summed E-state index contributed by atoms with van der Waals surface area (Å²) in [6.45, 7) is 1.11. The molecule has 2 aromatic carbocycles. The number of hydrogen-bond donors (Lipinski definition) is 2. The maximum Gasteiger partial charge on any atom is 0.224 e. The molecule has 33 heavy (non-hydrogen) atoms. The van der Waals surface area contributed by atoms with Crippen LogP contribution in [-0.2, 0) is 38.6 Å². The van der Waals surface area contributed by atoms with E-state index < -0.39 is 11.5 Å². The number of nitrogens with one attached hydrogen (secondary N) is 1. The quantitative estimate of drug-likeness (QED) is 0.708. The van der Waals surface area contributed by atoms with Crippen LogP contribution in [0, 0.1) is 5.92 Å². The summed E-state index contributed by atoms with van der Waals surface area (Å²) in [6, 6.07) is 14.6. The Hall–Kier alpha value is -3.19. The number of ketones is 1. The fourth-order valence-electron chi connectivity index (χ4n) is 5.38. The highest BCUT2D eigenvalue weighted by Gasteiger charge is 2.55. The normalized spacial score (nSPS) is 24.4. The van der Waals surface area contributed by atoms with Crippen molar-refractivity contribution in [1.82, 2.24) is 10.2 Å². The van der Waals surface area contributed by atoms with Crippen molar-refractivity contribution < 1.29 is 24.2 Å². The molecule has 3 atom stereocenters. The van der Waals surface area contributed by atoms with Gasteiger partial charge in [0.05, 0.1) is 12.0 Å². The molecule has 0 radical (unpaired) electrons. The number of amides is 2. The summed E-state index contributed by atoms with van der Waals surface area (Å²) in [6.07, 6.45) is 2.25. The summed E-state index contributed by atoms with van der Waals surface area (Å²) >= 11 is 0. The molecule has 2 N–H and O–H groups in total. The predicted octanol–water partition coefficient (Wildman–Crippen LogP) is 2.49. The third-order valence-electron chi connectivity index (χ3n) is 7.25. The number of rotatable bonds is 6. The van der Waals surface area contributed by atoms with Gasteiger partial charge in [-0.05, 0) is 54.5 Å². The van der Waals surface area contributed by atoms with Gasteiger partial charge in [-0.1, -0.05) is 36.4 Å². The van der Waals surface area contributed by atoms with Crippen LogP contribution in [-0.4, -0.2) is 45.9 Å². The Balaban J connectivity index is 1.34. The average Bonchev–Trinajstić information content (AvgIpc) is 3.49. The van der Waals surface area contributed by atoms with E-state index in [2.05, 4.69) is 5.32 Å². The fourth-order valence-corrected chi connectivity index (χ4v) is 5.38. The number of phenolic OH excluding ortho intramolecular Hbond substituents is 1. The third-order valence-corrected chi connectivity index (χ3v) is 7.25. The van der Waals surface area contributed by atoms with Crippen molar-refractivity contribution in [2.24, 2.45) is 5.92 Å². The van der Waals surface area contributed by atoms with Crippen LogP contribution in [0.15, 0.2) is 48.5 Å². The van der Waals surface area contributed by atoms with Crippen molar-refractivity contribution >= 4 is 17.6 Å². The van der Waals surface area contributed by atoms with Crippen molar-refractivity contribution in [2.75, 3.05) is 6.61 Å². The zero-order valence-corrected chi connectivity index (χ0v) is 18.5. The lowest BCUT2D eigenvalue weighted by Gasteiger charge is -2.30. The van der Waals surface area contributed by atoms with Crippen molar-refractivity contribution in [1.29, 1.82) is 0 Å². The molecule has 1 aliphatic carbocycles. The first kappa shape index (κ1) is 21.6. The lowest BCUT2D eigenvalue weighted by atomic mass is 9.89. The predicted molar refractivity (Wildman–Crippen MR) is 120 cm³/mol. The first-order chi connectivity index (χ1) is 15.9. The molecule has 2 heterocycles. The molecule has 0 spiro atoms. The number of carbonyl (C=O) groups excluding carboxylic acids is 3. The average molecular weight is 449 g/mol. The molecule has 7 heteroatoms. The number of fused-ring (bicyclic) bond motifs is 2. The monoisotopic (exact) mass is 448 g/mol. The summed E-state index contributed by atoms with van der Waals surface area (Å²) in [4.78, 5) is 41.1. The smallest absolute Gasteiger partial charge is 0.224 e. The maximum atomic E-state index is 13.5. The molecular formula is C26H28N2O5. The van der Waals surface area contributed by atoms with E-state index in [1.54, 1.807) is 29.2 Å². The summed E-state index contributed by atoms with van der Waals surface area (Å²) in [5, 5.41) is 12.6. The molecule has 0 bridgehead atoms. The Morgan fingerprint density at radius 3 is 2.52 bits per heavy atom. The zero-order valence-electron chi connectivity index (χ0n) is 18.5. The Bertz CT molecular complexity index is 1060. The van der Waals surface area contributed by atoms with Gasteiger partial charge in [0.2, 0.25) is 11.8 Å². The second-order valence-corrected chi connectivity index (χ2v) is 9.37. The summed E-state index contributed by atoms with van der Waals surface area (Å²) in [7, 11) is 0. The third kappa shape index (κ3) is 4.13.